The van der Waals surface area contributed by atoms with Gasteiger partial charge in [0.2, 0.25) is 0 Å². The molecule has 3 heterocycles. The number of methoxy groups -OCH3 is 1. The first-order valence-corrected chi connectivity index (χ1v) is 20.7. The minimum Gasteiger partial charge on any atom is -0.490 e. The second-order valence-corrected chi connectivity index (χ2v) is 18.2. The Morgan fingerprint density at radius 2 is 1.90 bits per heavy atom. The molecule has 0 aromatic heterocycles. The third kappa shape index (κ3) is 6.58. The van der Waals surface area contributed by atoms with E-state index in [1.165, 1.54) is 22.3 Å². The van der Waals surface area contributed by atoms with Gasteiger partial charge in [0.25, 0.3) is 5.91 Å². The lowest BCUT2D eigenvalue weighted by molar-refractivity contribution is -0.0931. The molecule has 5 aliphatic rings. The van der Waals surface area contributed by atoms with Gasteiger partial charge in [-0.1, -0.05) is 84.5 Å². The third-order valence-electron chi connectivity index (χ3n) is 13.0. The summed E-state index contributed by atoms with van der Waals surface area (Å²) in [6.45, 7) is 9.67. The quantitative estimate of drug-likeness (QED) is 0.218. The Morgan fingerprint density at radius 3 is 2.71 bits per heavy atom. The molecule has 2 aliphatic carbocycles. The second kappa shape index (κ2) is 14.0. The van der Waals surface area contributed by atoms with E-state index in [-0.39, 0.29) is 16.6 Å². The van der Waals surface area contributed by atoms with E-state index in [0.29, 0.717) is 29.9 Å². The van der Waals surface area contributed by atoms with Gasteiger partial charge >= 0.3 is 0 Å². The summed E-state index contributed by atoms with van der Waals surface area (Å²) >= 11 is 6.48. The Morgan fingerprint density at radius 1 is 1.06 bits per heavy atom. The minimum atomic E-state index is -0.544. The standard InChI is InChI=1S/C43H52ClN3O3S/c1-29-8-7-19-43(49-3,27-46-21-18-31-9-5-6-10-34(31)24-46)38-14-11-35(38)25-47-26-42(20-17-32-22-36(44)13-15-37(32)42)28-50-40-16-12-33(23-39(40)47)41(48)45-51(4)30(29)2/h5-7,9-10,12-13,15-16,19,22-23,29-30,35,38H,4,8,11,14,17-18,20-21,24-28H2,1-3H3,(H,45,48)/b19-7+/t29?,30?,35?,38?,42?,43-,51?/m1/s1. The number of carbonyl (C=O) groups is 1. The van der Waals surface area contributed by atoms with E-state index < -0.39 is 16.3 Å². The Balaban J connectivity index is 1.18. The molecule has 8 rings (SSSR count). The van der Waals surface area contributed by atoms with E-state index in [2.05, 4.69) is 88.9 Å². The average molecular weight is 726 g/mol. The molecular formula is C43H52ClN3O3S. The van der Waals surface area contributed by atoms with Gasteiger partial charge < -0.3 is 19.1 Å². The van der Waals surface area contributed by atoms with Gasteiger partial charge in [0.15, 0.2) is 0 Å². The smallest absolute Gasteiger partial charge is 0.260 e. The summed E-state index contributed by atoms with van der Waals surface area (Å²) in [7, 11) is 1.39. The van der Waals surface area contributed by atoms with Gasteiger partial charge in [0, 0.05) is 61.1 Å². The maximum atomic E-state index is 13.8. The van der Waals surface area contributed by atoms with Crippen LogP contribution in [0.2, 0.25) is 5.02 Å². The van der Waals surface area contributed by atoms with Crippen LogP contribution in [-0.2, 0) is 29.5 Å². The maximum absolute atomic E-state index is 13.8. The number of aryl methyl sites for hydroxylation is 1. The van der Waals surface area contributed by atoms with Gasteiger partial charge in [-0.25, -0.2) is 0 Å². The number of nitrogens with zero attached hydrogens (tertiary/aromatic N) is 2. The molecule has 51 heavy (non-hydrogen) atoms. The zero-order valence-electron chi connectivity index (χ0n) is 30.3. The average Bonchev–Trinajstić information content (AvgIpc) is 3.38. The summed E-state index contributed by atoms with van der Waals surface area (Å²) < 4.78 is 16.8. The van der Waals surface area contributed by atoms with Crippen molar-refractivity contribution in [1.82, 2.24) is 9.62 Å². The lowest BCUT2D eigenvalue weighted by atomic mass is 9.63. The van der Waals surface area contributed by atoms with Gasteiger partial charge in [0.05, 0.1) is 12.3 Å². The van der Waals surface area contributed by atoms with E-state index in [0.717, 1.165) is 87.7 Å². The molecule has 1 saturated carbocycles. The van der Waals surface area contributed by atoms with Crippen LogP contribution in [-0.4, -0.2) is 67.4 Å². The highest BCUT2D eigenvalue weighted by Gasteiger charge is 2.50. The maximum Gasteiger partial charge on any atom is 0.260 e. The van der Waals surface area contributed by atoms with Crippen LogP contribution >= 0.6 is 22.3 Å². The van der Waals surface area contributed by atoms with E-state index in [9.17, 15) is 4.79 Å². The molecule has 1 N–H and O–H groups in total. The number of hydrogen-bond donors (Lipinski definition) is 1. The summed E-state index contributed by atoms with van der Waals surface area (Å²) in [5, 5.41) is 1.01. The van der Waals surface area contributed by atoms with E-state index in [1.54, 1.807) is 0 Å². The lowest BCUT2D eigenvalue weighted by Gasteiger charge is -2.52. The van der Waals surface area contributed by atoms with Crippen LogP contribution in [0.3, 0.4) is 0 Å². The van der Waals surface area contributed by atoms with Crippen LogP contribution in [0.5, 0.6) is 5.75 Å². The minimum absolute atomic E-state index is 0.0689. The number of hydrogen-bond acceptors (Lipinski definition) is 5. The largest absolute Gasteiger partial charge is 0.490 e. The summed E-state index contributed by atoms with van der Waals surface area (Å²) in [6.07, 6.45) is 11.1. The zero-order chi connectivity index (χ0) is 35.3. The molecule has 2 bridgehead atoms. The van der Waals surface area contributed by atoms with E-state index in [1.807, 2.05) is 25.3 Å². The van der Waals surface area contributed by atoms with Crippen molar-refractivity contribution in [1.29, 1.82) is 0 Å². The van der Waals surface area contributed by atoms with Crippen LogP contribution in [0.1, 0.15) is 72.1 Å². The summed E-state index contributed by atoms with van der Waals surface area (Å²) in [5.41, 5.74) is 6.68. The van der Waals surface area contributed by atoms with Crippen LogP contribution in [0, 0.1) is 17.8 Å². The Labute approximate surface area is 311 Å². The first-order valence-electron chi connectivity index (χ1n) is 18.8. The molecule has 8 heteroatoms. The normalized spacial score (nSPS) is 32.8. The van der Waals surface area contributed by atoms with Crippen molar-refractivity contribution < 1.29 is 14.3 Å². The molecule has 1 amide bonds. The molecule has 6 unspecified atom stereocenters. The van der Waals surface area contributed by atoms with E-state index >= 15 is 0 Å². The van der Waals surface area contributed by atoms with Gasteiger partial charge in [-0.15, -0.1) is 0 Å². The summed E-state index contributed by atoms with van der Waals surface area (Å²) in [6, 6.07) is 21.3. The molecule has 3 aromatic carbocycles. The summed E-state index contributed by atoms with van der Waals surface area (Å²) in [5.74, 6) is 6.36. The van der Waals surface area contributed by atoms with Crippen molar-refractivity contribution in [2.24, 2.45) is 17.8 Å². The predicted octanol–water partition coefficient (Wildman–Crippen LogP) is 8.22. The Kier molecular flexibility index (Phi) is 9.62. The molecular weight excluding hydrogens is 674 g/mol. The first kappa shape index (κ1) is 35.0. The molecule has 1 fully saturated rings. The molecule has 0 saturated heterocycles. The van der Waals surface area contributed by atoms with Crippen molar-refractivity contribution in [2.45, 2.75) is 75.2 Å². The number of rotatable bonds is 3. The molecule has 3 aromatic rings. The number of halogens is 1. The van der Waals surface area contributed by atoms with Crippen molar-refractivity contribution >= 4 is 39.7 Å². The molecule has 3 aliphatic heterocycles. The molecule has 270 valence electrons. The summed E-state index contributed by atoms with van der Waals surface area (Å²) in [4.78, 5) is 18.9. The van der Waals surface area contributed by atoms with E-state index in [4.69, 9.17) is 21.1 Å². The number of allylic oxidation sites excluding steroid dienone is 1. The number of fused-ring (bicyclic) bond motifs is 5. The van der Waals surface area contributed by atoms with Gasteiger partial charge in [-0.3, -0.25) is 9.69 Å². The number of ether oxygens (including phenoxy) is 2. The number of amides is 1. The molecule has 7 atom stereocenters. The highest BCUT2D eigenvalue weighted by molar-refractivity contribution is 8.13. The predicted molar refractivity (Wildman–Crippen MR) is 212 cm³/mol. The van der Waals surface area contributed by atoms with Gasteiger partial charge in [-0.2, -0.15) is 0 Å². The van der Waals surface area contributed by atoms with Crippen LogP contribution in [0.25, 0.3) is 0 Å². The Hall–Kier alpha value is -3.10. The highest BCUT2D eigenvalue weighted by Crippen LogP contribution is 2.50. The molecule has 0 radical (unpaired) electrons. The second-order valence-electron chi connectivity index (χ2n) is 15.9. The van der Waals surface area contributed by atoms with Crippen LogP contribution in [0.4, 0.5) is 5.69 Å². The van der Waals surface area contributed by atoms with Crippen LogP contribution < -0.4 is 14.4 Å². The number of benzene rings is 3. The molecule has 6 nitrogen and oxygen atoms in total. The number of carbonyl (C=O) groups excluding carboxylic acids is 1. The highest BCUT2D eigenvalue weighted by atomic mass is 35.5. The fourth-order valence-corrected chi connectivity index (χ4v) is 11.0. The van der Waals surface area contributed by atoms with Gasteiger partial charge in [0.1, 0.15) is 11.4 Å². The third-order valence-corrected chi connectivity index (χ3v) is 15.1. The first-order chi connectivity index (χ1) is 24.7. The van der Waals surface area contributed by atoms with Crippen molar-refractivity contribution in [3.63, 3.8) is 0 Å². The fourth-order valence-electron chi connectivity index (χ4n) is 9.57. The van der Waals surface area contributed by atoms with Crippen molar-refractivity contribution in [2.75, 3.05) is 44.8 Å². The fraction of sp³-hybridized carbons (Fsp3) is 0.488. The van der Waals surface area contributed by atoms with Gasteiger partial charge in [-0.05, 0) is 109 Å². The number of nitrogens with one attached hydrogen (secondary N) is 1. The number of anilines is 1. The zero-order valence-corrected chi connectivity index (χ0v) is 31.9. The van der Waals surface area contributed by atoms with Crippen molar-refractivity contribution in [3.8, 4) is 5.75 Å². The lowest BCUT2D eigenvalue weighted by Crippen LogP contribution is -2.57. The SMILES string of the molecule is C=S1NC(=O)c2ccc3c(c2)N(CC2CCC2[C@@](CN2CCc4ccccc4C2)(OC)/C=C/CC(C)C1C)CC1(CCc2cc(Cl)ccc21)CO3. The topological polar surface area (TPSA) is 54.0 Å². The molecule has 1 spiro atoms. The van der Waals surface area contributed by atoms with Crippen LogP contribution in [0.15, 0.2) is 72.8 Å². The van der Waals surface area contributed by atoms with Crippen molar-refractivity contribution in [3.05, 3.63) is 106 Å². The Bertz CT molecular complexity index is 1860. The monoisotopic (exact) mass is 725 g/mol.